The Kier molecular flexibility index (Phi) is 4.54. The van der Waals surface area contributed by atoms with E-state index in [1.807, 2.05) is 12.1 Å². The molecule has 0 bridgehead atoms. The minimum absolute atomic E-state index is 0.160. The third-order valence-electron chi connectivity index (χ3n) is 4.50. The molecule has 0 fully saturated rings. The maximum Gasteiger partial charge on any atom is 0.229 e. The van der Waals surface area contributed by atoms with Gasteiger partial charge in [-0.2, -0.15) is 0 Å². The maximum absolute atomic E-state index is 13.7. The number of benzene rings is 3. The van der Waals surface area contributed by atoms with E-state index in [2.05, 4.69) is 41.0 Å². The largest absolute Gasteiger partial charge is 0.492 e. The molecule has 0 aliphatic carbocycles. The summed E-state index contributed by atoms with van der Waals surface area (Å²) >= 11 is 0. The predicted octanol–water partition coefficient (Wildman–Crippen LogP) is 3.64. The first-order valence-corrected chi connectivity index (χ1v) is 8.63. The summed E-state index contributed by atoms with van der Waals surface area (Å²) in [4.78, 5) is 11.5. The van der Waals surface area contributed by atoms with Crippen molar-refractivity contribution in [3.8, 4) is 5.75 Å². The molecule has 4 rings (SSSR count). The lowest BCUT2D eigenvalue weighted by Gasteiger charge is -2.11. The molecule has 1 amide bonds. The van der Waals surface area contributed by atoms with Gasteiger partial charge in [-0.25, -0.2) is 4.39 Å². The van der Waals surface area contributed by atoms with Crippen LogP contribution in [0.3, 0.4) is 0 Å². The van der Waals surface area contributed by atoms with Gasteiger partial charge in [0.2, 0.25) is 5.91 Å². The van der Waals surface area contributed by atoms with Crippen LogP contribution in [0.15, 0.2) is 54.6 Å². The Hall–Kier alpha value is -2.92. The van der Waals surface area contributed by atoms with Crippen LogP contribution in [0, 0.1) is 5.82 Å². The molecule has 3 aromatic carbocycles. The molecule has 3 aromatic rings. The number of anilines is 1. The summed E-state index contributed by atoms with van der Waals surface area (Å²) in [7, 11) is 0. The molecule has 1 aliphatic rings. The Morgan fingerprint density at radius 3 is 2.81 bits per heavy atom. The normalized spacial score (nSPS) is 12.9. The van der Waals surface area contributed by atoms with Crippen molar-refractivity contribution < 1.29 is 13.9 Å². The average molecular weight is 350 g/mol. The highest BCUT2D eigenvalue weighted by Gasteiger charge is 2.24. The lowest BCUT2D eigenvalue weighted by Crippen LogP contribution is -2.20. The number of rotatable bonds is 6. The standard InChI is InChI=1S/C21H19FN2O2/c22-18-7-8-19(17-12-20(25)24-21(17)18)26-10-9-23-13-14-5-6-15-3-1-2-4-16(15)11-14/h1-8,11,23H,9-10,12-13H2,(H,24,25). The monoisotopic (exact) mass is 350 g/mol. The van der Waals surface area contributed by atoms with Gasteiger partial charge in [0.15, 0.2) is 0 Å². The van der Waals surface area contributed by atoms with Gasteiger partial charge in [-0.05, 0) is 34.5 Å². The quantitative estimate of drug-likeness (QED) is 0.668. The molecule has 0 radical (unpaired) electrons. The van der Waals surface area contributed by atoms with Crippen LogP contribution in [0.25, 0.3) is 10.8 Å². The lowest BCUT2D eigenvalue weighted by atomic mass is 10.1. The highest BCUT2D eigenvalue weighted by Crippen LogP contribution is 2.33. The van der Waals surface area contributed by atoms with Crippen molar-refractivity contribution in [2.24, 2.45) is 0 Å². The van der Waals surface area contributed by atoms with Gasteiger partial charge >= 0.3 is 0 Å². The molecule has 26 heavy (non-hydrogen) atoms. The Bertz CT molecular complexity index is 971. The van der Waals surface area contributed by atoms with E-state index in [1.165, 1.54) is 22.4 Å². The van der Waals surface area contributed by atoms with Crippen LogP contribution in [-0.4, -0.2) is 19.1 Å². The van der Waals surface area contributed by atoms with E-state index in [1.54, 1.807) is 6.07 Å². The predicted molar refractivity (Wildman–Crippen MR) is 99.9 cm³/mol. The molecule has 1 aliphatic heterocycles. The molecule has 0 saturated heterocycles. The smallest absolute Gasteiger partial charge is 0.229 e. The molecular formula is C21H19FN2O2. The summed E-state index contributed by atoms with van der Waals surface area (Å²) < 4.78 is 19.4. The second-order valence-corrected chi connectivity index (χ2v) is 6.33. The van der Waals surface area contributed by atoms with Gasteiger partial charge in [0.25, 0.3) is 0 Å². The average Bonchev–Trinajstić information content (AvgIpc) is 3.05. The molecule has 5 heteroatoms. The van der Waals surface area contributed by atoms with Crippen LogP contribution >= 0.6 is 0 Å². The Morgan fingerprint density at radius 2 is 1.92 bits per heavy atom. The van der Waals surface area contributed by atoms with Crippen LogP contribution in [0.1, 0.15) is 11.1 Å². The van der Waals surface area contributed by atoms with Crippen LogP contribution in [0.4, 0.5) is 10.1 Å². The highest BCUT2D eigenvalue weighted by molar-refractivity contribution is 6.00. The molecule has 2 N–H and O–H groups in total. The van der Waals surface area contributed by atoms with E-state index < -0.39 is 5.82 Å². The fourth-order valence-corrected chi connectivity index (χ4v) is 3.20. The second kappa shape index (κ2) is 7.14. The van der Waals surface area contributed by atoms with Crippen molar-refractivity contribution in [2.45, 2.75) is 13.0 Å². The summed E-state index contributed by atoms with van der Waals surface area (Å²) in [6.45, 7) is 1.84. The van der Waals surface area contributed by atoms with Crippen LogP contribution < -0.4 is 15.4 Å². The van der Waals surface area contributed by atoms with E-state index in [0.717, 1.165) is 6.54 Å². The number of hydrogen-bond acceptors (Lipinski definition) is 3. The van der Waals surface area contributed by atoms with Gasteiger partial charge in [-0.15, -0.1) is 0 Å². The third-order valence-corrected chi connectivity index (χ3v) is 4.50. The maximum atomic E-state index is 13.7. The van der Waals surface area contributed by atoms with E-state index in [9.17, 15) is 9.18 Å². The summed E-state index contributed by atoms with van der Waals surface area (Å²) in [5, 5.41) is 8.33. The Labute approximate surface area is 151 Å². The number of carbonyl (C=O) groups is 1. The molecule has 0 saturated carbocycles. The number of nitrogens with one attached hydrogen (secondary N) is 2. The zero-order valence-corrected chi connectivity index (χ0v) is 14.2. The summed E-state index contributed by atoms with van der Waals surface area (Å²) in [5.74, 6) is -0.0655. The van der Waals surface area contributed by atoms with Crippen molar-refractivity contribution in [1.29, 1.82) is 0 Å². The van der Waals surface area contributed by atoms with Crippen molar-refractivity contribution >= 4 is 22.4 Å². The topological polar surface area (TPSA) is 50.4 Å². The van der Waals surface area contributed by atoms with Crippen molar-refractivity contribution in [3.63, 3.8) is 0 Å². The summed E-state index contributed by atoms with van der Waals surface area (Å²) in [5.41, 5.74) is 2.06. The highest BCUT2D eigenvalue weighted by atomic mass is 19.1. The fourth-order valence-electron chi connectivity index (χ4n) is 3.20. The number of fused-ring (bicyclic) bond motifs is 2. The summed E-state index contributed by atoms with van der Waals surface area (Å²) in [6.07, 6.45) is 0.160. The molecule has 132 valence electrons. The zero-order valence-electron chi connectivity index (χ0n) is 14.2. The first-order chi connectivity index (χ1) is 12.7. The molecule has 4 nitrogen and oxygen atoms in total. The number of amides is 1. The summed E-state index contributed by atoms with van der Waals surface area (Å²) in [6, 6.07) is 17.6. The molecule has 0 spiro atoms. The van der Waals surface area contributed by atoms with Crippen molar-refractivity contribution in [1.82, 2.24) is 5.32 Å². The second-order valence-electron chi connectivity index (χ2n) is 6.33. The van der Waals surface area contributed by atoms with Crippen LogP contribution in [0.5, 0.6) is 5.75 Å². The van der Waals surface area contributed by atoms with Gasteiger partial charge in [0.05, 0.1) is 12.1 Å². The van der Waals surface area contributed by atoms with Crippen molar-refractivity contribution in [2.75, 3.05) is 18.5 Å². The van der Waals surface area contributed by atoms with Crippen LogP contribution in [-0.2, 0) is 17.8 Å². The number of hydrogen-bond donors (Lipinski definition) is 2. The van der Waals surface area contributed by atoms with Gasteiger partial charge in [-0.1, -0.05) is 36.4 Å². The van der Waals surface area contributed by atoms with Gasteiger partial charge in [0.1, 0.15) is 18.2 Å². The van der Waals surface area contributed by atoms with Gasteiger partial charge in [0, 0.05) is 18.7 Å². The van der Waals surface area contributed by atoms with E-state index >= 15 is 0 Å². The number of carbonyl (C=O) groups excluding carboxylic acids is 1. The number of halogens is 1. The molecule has 0 aromatic heterocycles. The Balaban J connectivity index is 1.31. The Morgan fingerprint density at radius 1 is 1.08 bits per heavy atom. The molecule has 0 unspecified atom stereocenters. The fraction of sp³-hybridized carbons (Fsp3) is 0.190. The minimum atomic E-state index is -0.423. The van der Waals surface area contributed by atoms with Crippen LogP contribution in [0.2, 0.25) is 0 Å². The SMILES string of the molecule is O=C1Cc2c(OCCNCc3ccc4ccccc4c3)ccc(F)c2N1. The molecule has 1 heterocycles. The molecular weight excluding hydrogens is 331 g/mol. The van der Waals surface area contributed by atoms with Crippen molar-refractivity contribution in [3.05, 3.63) is 71.5 Å². The lowest BCUT2D eigenvalue weighted by molar-refractivity contribution is -0.115. The number of ether oxygens (including phenoxy) is 1. The van der Waals surface area contributed by atoms with Gasteiger partial charge < -0.3 is 15.4 Å². The zero-order chi connectivity index (χ0) is 17.9. The molecule has 0 atom stereocenters. The van der Waals surface area contributed by atoms with E-state index in [4.69, 9.17) is 4.74 Å². The third kappa shape index (κ3) is 3.39. The van der Waals surface area contributed by atoms with E-state index in [-0.39, 0.29) is 18.0 Å². The minimum Gasteiger partial charge on any atom is -0.492 e. The first-order valence-electron chi connectivity index (χ1n) is 8.63. The van der Waals surface area contributed by atoms with Gasteiger partial charge in [-0.3, -0.25) is 4.79 Å². The van der Waals surface area contributed by atoms with E-state index in [0.29, 0.717) is 24.5 Å². The first kappa shape index (κ1) is 16.5.